The van der Waals surface area contributed by atoms with E-state index in [0.29, 0.717) is 29.8 Å². The van der Waals surface area contributed by atoms with E-state index in [1.807, 2.05) is 0 Å². The van der Waals surface area contributed by atoms with Crippen molar-refractivity contribution >= 4 is 34.3 Å². The zero-order chi connectivity index (χ0) is 25.3. The van der Waals surface area contributed by atoms with Gasteiger partial charge in [0, 0.05) is 41.6 Å². The molecule has 0 saturated heterocycles. The minimum atomic E-state index is -2.61. The number of alkyl halides is 2. The molecule has 184 valence electrons. The molecule has 5 rings (SSSR count). The smallest absolute Gasteiger partial charge is 0.306 e. The molecule has 1 aromatic carbocycles. The highest BCUT2D eigenvalue weighted by molar-refractivity contribution is 6.09. The van der Waals surface area contributed by atoms with Crippen LogP contribution in [0.1, 0.15) is 47.7 Å². The number of aromatic nitrogens is 3. The van der Waals surface area contributed by atoms with E-state index < -0.39 is 17.8 Å². The van der Waals surface area contributed by atoms with E-state index in [4.69, 9.17) is 0 Å². The van der Waals surface area contributed by atoms with Gasteiger partial charge in [-0.05, 0) is 43.2 Å². The van der Waals surface area contributed by atoms with Crippen LogP contribution >= 0.6 is 0 Å². The summed E-state index contributed by atoms with van der Waals surface area (Å²) in [4.78, 5) is 34.0. The molecule has 36 heavy (non-hydrogen) atoms. The Hall–Kier alpha value is -4.21. The van der Waals surface area contributed by atoms with Crippen LogP contribution in [-0.4, -0.2) is 32.4 Å². The summed E-state index contributed by atoms with van der Waals surface area (Å²) in [5.74, 6) is -3.64. The van der Waals surface area contributed by atoms with E-state index in [2.05, 4.69) is 20.6 Å². The van der Waals surface area contributed by atoms with Gasteiger partial charge in [-0.2, -0.15) is 0 Å². The summed E-state index contributed by atoms with van der Waals surface area (Å²) in [5.41, 5.74) is 1.91. The first-order chi connectivity index (χ1) is 17.3. The Labute approximate surface area is 204 Å². The van der Waals surface area contributed by atoms with Crippen molar-refractivity contribution in [3.8, 4) is 0 Å². The molecule has 0 bridgehead atoms. The topological polar surface area (TPSA) is 88.9 Å². The summed E-state index contributed by atoms with van der Waals surface area (Å²) in [7, 11) is 0. The fraction of sp³-hybridized carbons (Fsp3) is 0.231. The number of rotatable bonds is 4. The first-order valence-electron chi connectivity index (χ1n) is 11.5. The molecule has 3 heterocycles. The fourth-order valence-corrected chi connectivity index (χ4v) is 4.40. The second-order valence-electron chi connectivity index (χ2n) is 8.79. The minimum absolute atomic E-state index is 0.0387. The number of amides is 2. The van der Waals surface area contributed by atoms with Crippen LogP contribution in [0.4, 0.5) is 29.3 Å². The number of nitrogens with one attached hydrogen (secondary N) is 2. The van der Waals surface area contributed by atoms with Crippen LogP contribution in [0.5, 0.6) is 0 Å². The number of hydrogen-bond acceptors (Lipinski definition) is 4. The molecule has 10 heteroatoms. The van der Waals surface area contributed by atoms with Crippen molar-refractivity contribution in [2.24, 2.45) is 0 Å². The number of urea groups is 1. The highest BCUT2D eigenvalue weighted by atomic mass is 19.3. The summed E-state index contributed by atoms with van der Waals surface area (Å²) >= 11 is 0. The molecule has 1 saturated carbocycles. The third kappa shape index (κ3) is 4.93. The Morgan fingerprint density at radius 3 is 2.42 bits per heavy atom. The molecule has 0 unspecified atom stereocenters. The number of benzene rings is 1. The van der Waals surface area contributed by atoms with Gasteiger partial charge in [0.15, 0.2) is 0 Å². The molecule has 1 aliphatic carbocycles. The van der Waals surface area contributed by atoms with E-state index >= 15 is 0 Å². The van der Waals surface area contributed by atoms with Crippen LogP contribution in [-0.2, 0) is 0 Å². The molecule has 0 atom stereocenters. The molecular formula is C26H22F3N5O2. The first-order valence-corrected chi connectivity index (χ1v) is 11.5. The van der Waals surface area contributed by atoms with Gasteiger partial charge in [0.2, 0.25) is 5.92 Å². The summed E-state index contributed by atoms with van der Waals surface area (Å²) in [6.45, 7) is 0. The Morgan fingerprint density at radius 1 is 0.972 bits per heavy atom. The number of nitrogens with zero attached hydrogens (tertiary/aromatic N) is 3. The molecule has 1 aliphatic rings. The van der Waals surface area contributed by atoms with Crippen molar-refractivity contribution in [3.63, 3.8) is 0 Å². The van der Waals surface area contributed by atoms with Crippen molar-refractivity contribution in [2.75, 3.05) is 10.6 Å². The number of fused-ring (bicyclic) bond motifs is 1. The maximum absolute atomic E-state index is 13.9. The third-order valence-corrected chi connectivity index (χ3v) is 6.28. The monoisotopic (exact) mass is 493 g/mol. The lowest BCUT2D eigenvalue weighted by molar-refractivity contribution is -0.0384. The quantitative estimate of drug-likeness (QED) is 0.355. The predicted molar refractivity (Wildman–Crippen MR) is 129 cm³/mol. The molecule has 7 nitrogen and oxygen atoms in total. The SMILES string of the molecule is O=C(Nc1ccc(C2CCC(F)(F)CC2)nc1)Nc1cn(C(=O)c2ccccc2)c2ncc(F)cc12. The largest absolute Gasteiger partial charge is 0.323 e. The lowest BCUT2D eigenvalue weighted by Crippen LogP contribution is -2.24. The van der Waals surface area contributed by atoms with Crippen LogP contribution in [0.2, 0.25) is 0 Å². The van der Waals surface area contributed by atoms with Gasteiger partial charge >= 0.3 is 6.03 Å². The highest BCUT2D eigenvalue weighted by Gasteiger charge is 2.35. The lowest BCUT2D eigenvalue weighted by atomic mass is 9.84. The second kappa shape index (κ2) is 9.44. The van der Waals surface area contributed by atoms with Gasteiger partial charge in [-0.15, -0.1) is 0 Å². The van der Waals surface area contributed by atoms with Crippen LogP contribution < -0.4 is 10.6 Å². The summed E-state index contributed by atoms with van der Waals surface area (Å²) < 4.78 is 42.0. The van der Waals surface area contributed by atoms with Gasteiger partial charge in [0.1, 0.15) is 11.5 Å². The number of anilines is 2. The Bertz CT molecular complexity index is 1410. The van der Waals surface area contributed by atoms with Crippen molar-refractivity contribution in [1.82, 2.24) is 14.5 Å². The third-order valence-electron chi connectivity index (χ3n) is 6.28. The number of carbonyl (C=O) groups excluding carboxylic acids is 2. The molecule has 2 N–H and O–H groups in total. The van der Waals surface area contributed by atoms with Crippen LogP contribution in [0.3, 0.4) is 0 Å². The highest BCUT2D eigenvalue weighted by Crippen LogP contribution is 2.40. The van der Waals surface area contributed by atoms with Crippen molar-refractivity contribution in [3.05, 3.63) is 84.2 Å². The van der Waals surface area contributed by atoms with Crippen molar-refractivity contribution in [2.45, 2.75) is 37.5 Å². The van der Waals surface area contributed by atoms with Gasteiger partial charge in [0.05, 0.1) is 23.8 Å². The summed E-state index contributed by atoms with van der Waals surface area (Å²) in [5, 5.41) is 5.54. The molecule has 0 spiro atoms. The zero-order valence-electron chi connectivity index (χ0n) is 19.0. The minimum Gasteiger partial charge on any atom is -0.306 e. The van der Waals surface area contributed by atoms with E-state index in [1.165, 1.54) is 23.0 Å². The molecule has 0 aliphatic heterocycles. The maximum Gasteiger partial charge on any atom is 0.323 e. The summed E-state index contributed by atoms with van der Waals surface area (Å²) in [6, 6.07) is 12.5. The first kappa shape index (κ1) is 23.5. The normalized spacial score (nSPS) is 15.5. The molecular weight excluding hydrogens is 471 g/mol. The second-order valence-corrected chi connectivity index (χ2v) is 8.79. The van der Waals surface area contributed by atoms with Crippen molar-refractivity contribution in [1.29, 1.82) is 0 Å². The Balaban J connectivity index is 1.32. The average Bonchev–Trinajstić information content (AvgIpc) is 3.22. The van der Waals surface area contributed by atoms with Crippen LogP contribution in [0, 0.1) is 5.82 Å². The molecule has 1 fully saturated rings. The standard InChI is InChI=1S/C26H22F3N5O2/c27-18-12-20-22(15-34(23(20)31-13-18)24(35)17-4-2-1-3-5-17)33-25(36)32-19-6-7-21(30-14-19)16-8-10-26(28,29)11-9-16/h1-7,12-16H,8-11H2,(H2,32,33,36). The number of hydrogen-bond donors (Lipinski definition) is 2. The lowest BCUT2D eigenvalue weighted by Gasteiger charge is -2.27. The Kier molecular flexibility index (Phi) is 6.17. The maximum atomic E-state index is 13.9. The van der Waals surface area contributed by atoms with Crippen LogP contribution in [0.25, 0.3) is 11.0 Å². The van der Waals surface area contributed by atoms with E-state index in [1.54, 1.807) is 42.5 Å². The number of carbonyl (C=O) groups is 2. The average molecular weight is 493 g/mol. The molecule has 4 aromatic rings. The molecule has 3 aromatic heterocycles. The zero-order valence-corrected chi connectivity index (χ0v) is 19.0. The van der Waals surface area contributed by atoms with Gasteiger partial charge in [0.25, 0.3) is 5.91 Å². The van der Waals surface area contributed by atoms with Gasteiger partial charge < -0.3 is 10.6 Å². The summed E-state index contributed by atoms with van der Waals surface area (Å²) in [6.07, 6.45) is 4.28. The molecule has 0 radical (unpaired) electrons. The van der Waals surface area contributed by atoms with Gasteiger partial charge in [-0.1, -0.05) is 18.2 Å². The van der Waals surface area contributed by atoms with E-state index in [9.17, 15) is 22.8 Å². The van der Waals surface area contributed by atoms with E-state index in [-0.39, 0.29) is 41.4 Å². The fourth-order valence-electron chi connectivity index (χ4n) is 4.40. The Morgan fingerprint density at radius 2 is 1.72 bits per heavy atom. The molecule has 2 amide bonds. The number of pyridine rings is 2. The number of halogens is 3. The predicted octanol–water partition coefficient (Wildman–Crippen LogP) is 6.20. The van der Waals surface area contributed by atoms with E-state index in [0.717, 1.165) is 6.20 Å². The van der Waals surface area contributed by atoms with Gasteiger partial charge in [-0.3, -0.25) is 14.3 Å². The van der Waals surface area contributed by atoms with Gasteiger partial charge in [-0.25, -0.2) is 22.9 Å². The van der Waals surface area contributed by atoms with Crippen LogP contribution in [0.15, 0.2) is 67.1 Å². The van der Waals surface area contributed by atoms with Crippen molar-refractivity contribution < 1.29 is 22.8 Å².